The quantitative estimate of drug-likeness (QED) is 0.874. The van der Waals surface area contributed by atoms with Crippen LogP contribution in [0.2, 0.25) is 0 Å². The van der Waals surface area contributed by atoms with Gasteiger partial charge in [-0.1, -0.05) is 24.3 Å². The van der Waals surface area contributed by atoms with E-state index in [2.05, 4.69) is 4.74 Å². The van der Waals surface area contributed by atoms with E-state index in [0.717, 1.165) is 0 Å². The van der Waals surface area contributed by atoms with E-state index in [9.17, 15) is 18.4 Å². The number of hydrogen-bond acceptors (Lipinski definition) is 3. The van der Waals surface area contributed by atoms with E-state index >= 15 is 0 Å². The minimum atomic E-state index is -2.80. The second-order valence-electron chi connectivity index (χ2n) is 4.04. The molecule has 2 aromatic carbocycles. The molecule has 0 unspecified atom stereocenters. The zero-order chi connectivity index (χ0) is 14.7. The monoisotopic (exact) mass is 280 g/mol. The van der Waals surface area contributed by atoms with Crippen molar-refractivity contribution in [3.05, 3.63) is 47.5 Å². The Labute approximate surface area is 112 Å². The van der Waals surface area contributed by atoms with Crippen LogP contribution in [0.5, 0.6) is 0 Å². The summed E-state index contributed by atoms with van der Waals surface area (Å²) in [7, 11) is 0. The van der Waals surface area contributed by atoms with Crippen molar-refractivity contribution in [2.45, 2.75) is 6.43 Å². The number of carboxylic acid groups (broad SMARTS) is 1. The van der Waals surface area contributed by atoms with Crippen molar-refractivity contribution in [3.63, 3.8) is 0 Å². The number of rotatable bonds is 4. The molecule has 0 aliphatic carbocycles. The molecule has 0 saturated carbocycles. The van der Waals surface area contributed by atoms with E-state index in [0.29, 0.717) is 10.8 Å². The average molecular weight is 280 g/mol. The van der Waals surface area contributed by atoms with Crippen LogP contribution in [0.1, 0.15) is 20.7 Å². The number of alkyl halides is 2. The molecule has 0 bridgehead atoms. The molecular weight excluding hydrogens is 270 g/mol. The first-order valence-electron chi connectivity index (χ1n) is 5.70. The number of halogens is 2. The first kappa shape index (κ1) is 13.9. The number of ether oxygens (including phenoxy) is 1. The highest BCUT2D eigenvalue weighted by molar-refractivity contribution is 6.06. The molecule has 0 saturated heterocycles. The molecular formula is C14H10F2O4. The van der Waals surface area contributed by atoms with Gasteiger partial charge in [0, 0.05) is 0 Å². The van der Waals surface area contributed by atoms with Crippen LogP contribution < -0.4 is 0 Å². The summed E-state index contributed by atoms with van der Waals surface area (Å²) in [5.74, 6) is -2.40. The van der Waals surface area contributed by atoms with Gasteiger partial charge in [-0.05, 0) is 22.9 Å². The minimum absolute atomic E-state index is 0.239. The molecule has 0 aromatic heterocycles. The van der Waals surface area contributed by atoms with Gasteiger partial charge >= 0.3 is 11.9 Å². The Morgan fingerprint density at radius 3 is 2.15 bits per heavy atom. The van der Waals surface area contributed by atoms with Gasteiger partial charge in [-0.25, -0.2) is 18.4 Å². The summed E-state index contributed by atoms with van der Waals surface area (Å²) in [4.78, 5) is 22.9. The topological polar surface area (TPSA) is 63.6 Å². The van der Waals surface area contributed by atoms with Gasteiger partial charge in [0.1, 0.15) is 0 Å². The summed E-state index contributed by atoms with van der Waals surface area (Å²) in [5, 5.41) is 10.4. The van der Waals surface area contributed by atoms with E-state index in [4.69, 9.17) is 5.11 Å². The lowest BCUT2D eigenvalue weighted by Gasteiger charge is -2.08. The number of carboxylic acids is 1. The SMILES string of the molecule is O=C(O)c1cc2ccccc2cc1C(=O)OCC(F)F. The number of esters is 1. The fourth-order valence-corrected chi connectivity index (χ4v) is 1.80. The maximum Gasteiger partial charge on any atom is 0.339 e. The highest BCUT2D eigenvalue weighted by Crippen LogP contribution is 2.21. The third-order valence-corrected chi connectivity index (χ3v) is 2.68. The van der Waals surface area contributed by atoms with Crippen molar-refractivity contribution < 1.29 is 28.2 Å². The number of fused-ring (bicyclic) bond motifs is 1. The lowest BCUT2D eigenvalue weighted by atomic mass is 10.0. The molecule has 4 nitrogen and oxygen atoms in total. The number of hydrogen-bond donors (Lipinski definition) is 1. The predicted octanol–water partition coefficient (Wildman–Crippen LogP) is 2.96. The number of carbonyl (C=O) groups excluding carboxylic acids is 1. The molecule has 1 N–H and O–H groups in total. The fraction of sp³-hybridized carbons (Fsp3) is 0.143. The van der Waals surface area contributed by atoms with Crippen molar-refractivity contribution in [2.24, 2.45) is 0 Å². The molecule has 0 atom stereocenters. The lowest BCUT2D eigenvalue weighted by molar-refractivity contribution is 0.0157. The molecule has 6 heteroatoms. The van der Waals surface area contributed by atoms with E-state index in [1.54, 1.807) is 24.3 Å². The van der Waals surface area contributed by atoms with Crippen molar-refractivity contribution >= 4 is 22.7 Å². The standard InChI is InChI=1S/C14H10F2O4/c15-12(16)7-20-14(19)11-6-9-4-2-1-3-8(9)5-10(11)13(17)18/h1-6,12H,7H2,(H,17,18). The molecule has 0 amide bonds. The predicted molar refractivity (Wildman–Crippen MR) is 67.2 cm³/mol. The Morgan fingerprint density at radius 1 is 1.10 bits per heavy atom. The third-order valence-electron chi connectivity index (χ3n) is 2.68. The highest BCUT2D eigenvalue weighted by Gasteiger charge is 2.20. The molecule has 0 spiro atoms. The molecule has 0 aliphatic heterocycles. The Hall–Kier alpha value is -2.50. The zero-order valence-electron chi connectivity index (χ0n) is 10.2. The summed E-state index contributed by atoms with van der Waals surface area (Å²) in [6, 6.07) is 9.46. The summed E-state index contributed by atoms with van der Waals surface area (Å²) >= 11 is 0. The van der Waals surface area contributed by atoms with Crippen molar-refractivity contribution in [3.8, 4) is 0 Å². The van der Waals surface area contributed by atoms with Gasteiger partial charge in [-0.2, -0.15) is 0 Å². The van der Waals surface area contributed by atoms with Gasteiger partial charge in [0.25, 0.3) is 6.43 Å². The lowest BCUT2D eigenvalue weighted by Crippen LogP contribution is -2.15. The Balaban J connectivity index is 2.46. The molecule has 20 heavy (non-hydrogen) atoms. The van der Waals surface area contributed by atoms with Gasteiger partial charge < -0.3 is 9.84 Å². The minimum Gasteiger partial charge on any atom is -0.478 e. The van der Waals surface area contributed by atoms with Gasteiger partial charge in [-0.15, -0.1) is 0 Å². The van der Waals surface area contributed by atoms with Crippen LogP contribution in [0.3, 0.4) is 0 Å². The van der Waals surface area contributed by atoms with Gasteiger partial charge in [0.2, 0.25) is 0 Å². The maximum atomic E-state index is 12.0. The first-order chi connectivity index (χ1) is 9.49. The van der Waals surface area contributed by atoms with Gasteiger partial charge in [0.15, 0.2) is 6.61 Å². The fourth-order valence-electron chi connectivity index (χ4n) is 1.80. The summed E-state index contributed by atoms with van der Waals surface area (Å²) in [6.45, 7) is -1.06. The van der Waals surface area contributed by atoms with Crippen LogP contribution >= 0.6 is 0 Å². The van der Waals surface area contributed by atoms with Crippen LogP contribution in [0, 0.1) is 0 Å². The number of benzene rings is 2. The molecule has 2 rings (SSSR count). The van der Waals surface area contributed by atoms with E-state index in [-0.39, 0.29) is 11.1 Å². The Morgan fingerprint density at radius 2 is 1.65 bits per heavy atom. The molecule has 0 heterocycles. The smallest absolute Gasteiger partial charge is 0.339 e. The number of carbonyl (C=O) groups is 2. The molecule has 0 fully saturated rings. The van der Waals surface area contributed by atoms with Crippen molar-refractivity contribution in [1.29, 1.82) is 0 Å². The Kier molecular flexibility index (Phi) is 3.93. The number of aromatic carboxylic acids is 1. The van der Waals surface area contributed by atoms with Crippen molar-refractivity contribution in [1.82, 2.24) is 0 Å². The van der Waals surface area contributed by atoms with Crippen LogP contribution in [0.25, 0.3) is 10.8 Å². The summed E-state index contributed by atoms with van der Waals surface area (Å²) in [6.07, 6.45) is -2.80. The average Bonchev–Trinajstić information content (AvgIpc) is 2.43. The van der Waals surface area contributed by atoms with E-state index in [1.807, 2.05) is 0 Å². The van der Waals surface area contributed by atoms with Crippen LogP contribution in [0.4, 0.5) is 8.78 Å². The van der Waals surface area contributed by atoms with E-state index in [1.165, 1.54) is 12.1 Å². The summed E-state index contributed by atoms with van der Waals surface area (Å²) in [5.41, 5.74) is -0.514. The highest BCUT2D eigenvalue weighted by atomic mass is 19.3. The maximum absolute atomic E-state index is 12.0. The molecule has 0 aliphatic rings. The summed E-state index contributed by atoms with van der Waals surface area (Å²) < 4.78 is 28.4. The van der Waals surface area contributed by atoms with Crippen molar-refractivity contribution in [2.75, 3.05) is 6.61 Å². The zero-order valence-corrected chi connectivity index (χ0v) is 10.2. The molecule has 2 aromatic rings. The van der Waals surface area contributed by atoms with Crippen LogP contribution in [-0.4, -0.2) is 30.1 Å². The van der Waals surface area contributed by atoms with Gasteiger partial charge in [0.05, 0.1) is 11.1 Å². The van der Waals surface area contributed by atoms with E-state index < -0.39 is 25.0 Å². The Bertz CT molecular complexity index is 667. The third kappa shape index (κ3) is 2.90. The second kappa shape index (κ2) is 5.64. The van der Waals surface area contributed by atoms with Crippen LogP contribution in [0.15, 0.2) is 36.4 Å². The van der Waals surface area contributed by atoms with Crippen LogP contribution in [-0.2, 0) is 4.74 Å². The second-order valence-corrected chi connectivity index (χ2v) is 4.04. The largest absolute Gasteiger partial charge is 0.478 e. The molecule has 104 valence electrons. The normalized spacial score (nSPS) is 10.8. The first-order valence-corrected chi connectivity index (χ1v) is 5.70. The van der Waals surface area contributed by atoms with Gasteiger partial charge in [-0.3, -0.25) is 0 Å². The molecule has 0 radical (unpaired) electrons.